The lowest BCUT2D eigenvalue weighted by Crippen LogP contribution is -2.19. The van der Waals surface area contributed by atoms with Crippen LogP contribution in [0.3, 0.4) is 0 Å². The minimum atomic E-state index is 0.360. The van der Waals surface area contributed by atoms with E-state index in [1.165, 1.54) is 19.2 Å². The van der Waals surface area contributed by atoms with Crippen molar-refractivity contribution >= 4 is 23.2 Å². The van der Waals surface area contributed by atoms with E-state index in [9.17, 15) is 0 Å². The second kappa shape index (κ2) is 4.94. The predicted molar refractivity (Wildman–Crippen MR) is 72.4 cm³/mol. The molecule has 0 bridgehead atoms. The molecule has 0 aliphatic heterocycles. The smallest absolute Gasteiger partial charge is 0.255 e. The molecule has 6 nitrogen and oxygen atoms in total. The summed E-state index contributed by atoms with van der Waals surface area (Å²) >= 11 is 5.98. The molecular formula is C12H16ClN5O. The fourth-order valence-electron chi connectivity index (χ4n) is 2.20. The van der Waals surface area contributed by atoms with E-state index in [4.69, 9.17) is 16.3 Å². The number of hydrogen-bond acceptors (Lipinski definition) is 5. The summed E-state index contributed by atoms with van der Waals surface area (Å²) in [5.41, 5.74) is 0.360. The van der Waals surface area contributed by atoms with Crippen LogP contribution in [0, 0.1) is 5.41 Å². The lowest BCUT2D eigenvalue weighted by Gasteiger charge is -2.16. The summed E-state index contributed by atoms with van der Waals surface area (Å²) in [6.07, 6.45) is 5.03. The summed E-state index contributed by atoms with van der Waals surface area (Å²) in [5, 5.41) is 7.97. The molecule has 2 aromatic heterocycles. The molecule has 0 amide bonds. The third-order valence-corrected chi connectivity index (χ3v) is 3.85. The zero-order valence-corrected chi connectivity index (χ0v) is 11.5. The number of halogens is 1. The Labute approximate surface area is 116 Å². The number of ether oxygens (including phenoxy) is 1. The van der Waals surface area contributed by atoms with Gasteiger partial charge in [0, 0.05) is 26.3 Å². The number of methoxy groups -OCH3 is 1. The highest BCUT2D eigenvalue weighted by Gasteiger charge is 2.41. The molecule has 1 aliphatic carbocycles. The zero-order valence-electron chi connectivity index (χ0n) is 10.8. The lowest BCUT2D eigenvalue weighted by atomic mass is 10.0. The Balaban J connectivity index is 1.73. The topological polar surface area (TPSA) is 64.3 Å². The van der Waals surface area contributed by atoms with Gasteiger partial charge in [-0.2, -0.15) is 19.6 Å². The first-order valence-corrected chi connectivity index (χ1v) is 6.69. The van der Waals surface area contributed by atoms with Crippen molar-refractivity contribution in [1.82, 2.24) is 19.6 Å². The number of anilines is 1. The number of hydrogen-bond donors (Lipinski definition) is 1. The molecule has 2 aromatic rings. The summed E-state index contributed by atoms with van der Waals surface area (Å²) < 4.78 is 6.83. The Morgan fingerprint density at radius 1 is 1.53 bits per heavy atom. The molecule has 0 aromatic carbocycles. The lowest BCUT2D eigenvalue weighted by molar-refractivity contribution is 0.175. The van der Waals surface area contributed by atoms with E-state index in [0.29, 0.717) is 16.3 Å². The molecule has 2 heterocycles. The van der Waals surface area contributed by atoms with Crippen LogP contribution in [0.5, 0.6) is 0 Å². The van der Waals surface area contributed by atoms with E-state index < -0.39 is 0 Å². The number of fused-ring (bicyclic) bond motifs is 1. The molecule has 0 atom stereocenters. The standard InChI is InChI=1S/C12H16ClN5O/c1-19-5-4-12(2-3-12)7-14-10-6-9(13)17-11-15-8-16-18(10)11/h6,8,14H,2-5,7H2,1H3. The van der Waals surface area contributed by atoms with Crippen molar-refractivity contribution in [3.63, 3.8) is 0 Å². The second-order valence-electron chi connectivity index (χ2n) is 5.03. The van der Waals surface area contributed by atoms with E-state index >= 15 is 0 Å². The highest BCUT2D eigenvalue weighted by Crippen LogP contribution is 2.48. The van der Waals surface area contributed by atoms with E-state index in [1.807, 2.05) is 0 Å². The van der Waals surface area contributed by atoms with Gasteiger partial charge >= 0.3 is 0 Å². The van der Waals surface area contributed by atoms with Gasteiger partial charge in [-0.05, 0) is 24.7 Å². The molecule has 7 heteroatoms. The van der Waals surface area contributed by atoms with Crippen molar-refractivity contribution in [2.45, 2.75) is 19.3 Å². The molecule has 0 spiro atoms. The average Bonchev–Trinajstić information content (AvgIpc) is 3.02. The van der Waals surface area contributed by atoms with Crippen molar-refractivity contribution in [1.29, 1.82) is 0 Å². The summed E-state index contributed by atoms with van der Waals surface area (Å²) in [7, 11) is 1.74. The Kier molecular flexibility index (Phi) is 3.28. The van der Waals surface area contributed by atoms with Crippen molar-refractivity contribution in [2.75, 3.05) is 25.6 Å². The van der Waals surface area contributed by atoms with Gasteiger partial charge in [0.15, 0.2) is 0 Å². The molecule has 0 radical (unpaired) electrons. The monoisotopic (exact) mass is 281 g/mol. The molecule has 1 fully saturated rings. The predicted octanol–water partition coefficient (Wildman–Crippen LogP) is 2.01. The largest absolute Gasteiger partial charge is 0.385 e. The van der Waals surface area contributed by atoms with Crippen LogP contribution in [0.15, 0.2) is 12.4 Å². The van der Waals surface area contributed by atoms with Crippen molar-refractivity contribution < 1.29 is 4.74 Å². The molecule has 19 heavy (non-hydrogen) atoms. The highest BCUT2D eigenvalue weighted by atomic mass is 35.5. The van der Waals surface area contributed by atoms with Gasteiger partial charge in [-0.15, -0.1) is 0 Å². The van der Waals surface area contributed by atoms with E-state index in [0.717, 1.165) is 25.4 Å². The maximum atomic E-state index is 5.98. The third kappa shape index (κ3) is 2.64. The van der Waals surface area contributed by atoms with Crippen molar-refractivity contribution in [3.05, 3.63) is 17.5 Å². The first-order valence-electron chi connectivity index (χ1n) is 6.32. The Morgan fingerprint density at radius 2 is 2.37 bits per heavy atom. The minimum absolute atomic E-state index is 0.360. The third-order valence-electron chi connectivity index (χ3n) is 3.66. The number of aromatic nitrogens is 4. The van der Waals surface area contributed by atoms with Gasteiger partial charge in [0.25, 0.3) is 5.78 Å². The number of nitrogens with one attached hydrogen (secondary N) is 1. The molecule has 1 N–H and O–H groups in total. The average molecular weight is 282 g/mol. The van der Waals surface area contributed by atoms with E-state index in [1.54, 1.807) is 17.7 Å². The highest BCUT2D eigenvalue weighted by molar-refractivity contribution is 6.29. The maximum absolute atomic E-state index is 5.98. The van der Waals surface area contributed by atoms with Gasteiger partial charge in [0.1, 0.15) is 17.3 Å². The SMILES string of the molecule is COCCC1(CNc2cc(Cl)nc3ncnn23)CC1. The summed E-state index contributed by atoms with van der Waals surface area (Å²) in [6.45, 7) is 1.70. The summed E-state index contributed by atoms with van der Waals surface area (Å²) in [4.78, 5) is 8.15. The number of rotatable bonds is 6. The van der Waals surface area contributed by atoms with Gasteiger partial charge in [-0.25, -0.2) is 0 Å². The normalized spacial score (nSPS) is 16.7. The second-order valence-corrected chi connectivity index (χ2v) is 5.42. The quantitative estimate of drug-likeness (QED) is 0.821. The van der Waals surface area contributed by atoms with Crippen LogP contribution in [0.2, 0.25) is 5.15 Å². The summed E-state index contributed by atoms with van der Waals surface area (Å²) in [6, 6.07) is 1.77. The number of nitrogens with zero attached hydrogens (tertiary/aromatic N) is 4. The molecule has 0 saturated heterocycles. The van der Waals surface area contributed by atoms with E-state index in [2.05, 4.69) is 20.4 Å². The van der Waals surface area contributed by atoms with Crippen LogP contribution < -0.4 is 5.32 Å². The van der Waals surface area contributed by atoms with Crippen LogP contribution in [-0.2, 0) is 4.74 Å². The molecule has 1 saturated carbocycles. The first kappa shape index (κ1) is 12.6. The molecule has 102 valence electrons. The first-order chi connectivity index (χ1) is 9.22. The summed E-state index contributed by atoms with van der Waals surface area (Å²) in [5.74, 6) is 1.34. The Bertz CT molecular complexity index is 581. The van der Waals surface area contributed by atoms with Gasteiger partial charge in [0.2, 0.25) is 0 Å². The minimum Gasteiger partial charge on any atom is -0.385 e. The van der Waals surface area contributed by atoms with Crippen LogP contribution in [0.1, 0.15) is 19.3 Å². The van der Waals surface area contributed by atoms with Crippen LogP contribution in [0.4, 0.5) is 5.82 Å². The van der Waals surface area contributed by atoms with Crippen LogP contribution >= 0.6 is 11.6 Å². The van der Waals surface area contributed by atoms with Crippen molar-refractivity contribution in [2.24, 2.45) is 5.41 Å². The zero-order chi connectivity index (χ0) is 13.3. The molecule has 3 rings (SSSR count). The van der Waals surface area contributed by atoms with Crippen LogP contribution in [0.25, 0.3) is 5.78 Å². The van der Waals surface area contributed by atoms with Gasteiger partial charge in [0.05, 0.1) is 0 Å². The molecule has 1 aliphatic rings. The molecule has 0 unspecified atom stereocenters. The fourth-order valence-corrected chi connectivity index (χ4v) is 2.38. The Morgan fingerprint density at radius 3 is 3.11 bits per heavy atom. The Hall–Kier alpha value is -1.40. The maximum Gasteiger partial charge on any atom is 0.255 e. The fraction of sp³-hybridized carbons (Fsp3) is 0.583. The van der Waals surface area contributed by atoms with Gasteiger partial charge in [-0.1, -0.05) is 11.6 Å². The van der Waals surface area contributed by atoms with Gasteiger partial charge in [-0.3, -0.25) is 0 Å². The van der Waals surface area contributed by atoms with E-state index in [-0.39, 0.29) is 0 Å². The van der Waals surface area contributed by atoms with Crippen LogP contribution in [-0.4, -0.2) is 39.8 Å². The van der Waals surface area contributed by atoms with Crippen molar-refractivity contribution in [3.8, 4) is 0 Å². The molecular weight excluding hydrogens is 266 g/mol. The van der Waals surface area contributed by atoms with Gasteiger partial charge < -0.3 is 10.1 Å².